The van der Waals surface area contributed by atoms with E-state index in [0.717, 1.165) is 16.3 Å². The summed E-state index contributed by atoms with van der Waals surface area (Å²) in [4.78, 5) is 28.4. The summed E-state index contributed by atoms with van der Waals surface area (Å²) >= 11 is 0. The van der Waals surface area contributed by atoms with Crippen LogP contribution in [-0.4, -0.2) is 46.7 Å². The zero-order valence-electron chi connectivity index (χ0n) is 15.9. The summed E-state index contributed by atoms with van der Waals surface area (Å²) in [6.45, 7) is 1.08. The van der Waals surface area contributed by atoms with Crippen LogP contribution in [0.3, 0.4) is 0 Å². The number of fused-ring (bicyclic) bond motifs is 3. The molecule has 1 saturated heterocycles. The molecular formula is C23H19N3O3. The van der Waals surface area contributed by atoms with Crippen LogP contribution in [-0.2, 0) is 4.74 Å². The molecule has 29 heavy (non-hydrogen) atoms. The molecule has 0 bridgehead atoms. The van der Waals surface area contributed by atoms with Crippen molar-refractivity contribution in [3.8, 4) is 11.1 Å². The molecule has 1 amide bonds. The molecule has 0 radical (unpaired) electrons. The van der Waals surface area contributed by atoms with Gasteiger partial charge in [0.05, 0.1) is 23.4 Å². The summed E-state index contributed by atoms with van der Waals surface area (Å²) in [6, 6.07) is 18.7. The zero-order valence-corrected chi connectivity index (χ0v) is 15.9. The fraction of sp³-hybridized carbons (Fsp3) is 0.174. The lowest BCUT2D eigenvalue weighted by molar-refractivity contribution is -0.0191. The number of pyridine rings is 1. The number of benzene rings is 2. The third kappa shape index (κ3) is 2.80. The minimum Gasteiger partial charge on any atom is -0.378 e. The van der Waals surface area contributed by atoms with Crippen molar-refractivity contribution in [2.75, 3.05) is 20.2 Å². The molecular weight excluding hydrogens is 366 g/mol. The van der Waals surface area contributed by atoms with Crippen molar-refractivity contribution in [3.05, 3.63) is 82.8 Å². The Balaban J connectivity index is 1.80. The first kappa shape index (κ1) is 17.6. The maximum atomic E-state index is 13.4. The van der Waals surface area contributed by atoms with E-state index in [2.05, 4.69) is 5.10 Å². The molecule has 1 aliphatic heterocycles. The third-order valence-corrected chi connectivity index (χ3v) is 5.49. The molecule has 1 fully saturated rings. The predicted octanol–water partition coefficient (Wildman–Crippen LogP) is 2.99. The SMILES string of the molecule is COC1CN(C(=O)c2cc(-c3ccccc3)c(=O)n3ncc4ccccc4c23)C1. The molecule has 0 unspecified atom stereocenters. The second-order valence-electron chi connectivity index (χ2n) is 7.20. The summed E-state index contributed by atoms with van der Waals surface area (Å²) in [6.07, 6.45) is 1.72. The second kappa shape index (κ2) is 6.83. The second-order valence-corrected chi connectivity index (χ2v) is 7.20. The van der Waals surface area contributed by atoms with Crippen molar-refractivity contribution in [1.29, 1.82) is 0 Å². The van der Waals surface area contributed by atoms with Crippen LogP contribution in [0.4, 0.5) is 0 Å². The lowest BCUT2D eigenvalue weighted by Crippen LogP contribution is -2.54. The van der Waals surface area contributed by atoms with E-state index < -0.39 is 0 Å². The molecule has 0 spiro atoms. The van der Waals surface area contributed by atoms with Gasteiger partial charge in [0.2, 0.25) is 0 Å². The number of carbonyl (C=O) groups excluding carboxylic acids is 1. The van der Waals surface area contributed by atoms with Gasteiger partial charge in [0.25, 0.3) is 11.5 Å². The van der Waals surface area contributed by atoms with E-state index in [4.69, 9.17) is 4.74 Å². The van der Waals surface area contributed by atoms with E-state index in [1.165, 1.54) is 4.52 Å². The number of hydrogen-bond acceptors (Lipinski definition) is 4. The van der Waals surface area contributed by atoms with Gasteiger partial charge in [0.1, 0.15) is 0 Å². The number of carbonyl (C=O) groups is 1. The van der Waals surface area contributed by atoms with E-state index in [0.29, 0.717) is 29.7 Å². The van der Waals surface area contributed by atoms with E-state index in [1.54, 1.807) is 24.3 Å². The highest BCUT2D eigenvalue weighted by Gasteiger charge is 2.33. The van der Waals surface area contributed by atoms with Crippen molar-refractivity contribution >= 4 is 22.2 Å². The number of nitrogens with zero attached hydrogens (tertiary/aromatic N) is 3. The van der Waals surface area contributed by atoms with Gasteiger partial charge in [-0.25, -0.2) is 0 Å². The Bertz CT molecular complexity index is 1290. The maximum absolute atomic E-state index is 13.4. The maximum Gasteiger partial charge on any atom is 0.279 e. The predicted molar refractivity (Wildman–Crippen MR) is 111 cm³/mol. The Morgan fingerprint density at radius 1 is 1.07 bits per heavy atom. The first-order valence-electron chi connectivity index (χ1n) is 9.48. The molecule has 2 aromatic carbocycles. The summed E-state index contributed by atoms with van der Waals surface area (Å²) in [7, 11) is 1.65. The van der Waals surface area contributed by atoms with Crippen LogP contribution in [0.1, 0.15) is 10.4 Å². The van der Waals surface area contributed by atoms with Crippen LogP contribution in [0, 0.1) is 0 Å². The highest BCUT2D eigenvalue weighted by Crippen LogP contribution is 2.27. The number of likely N-dealkylation sites (tertiary alicyclic amines) is 1. The van der Waals surface area contributed by atoms with Crippen molar-refractivity contribution < 1.29 is 9.53 Å². The van der Waals surface area contributed by atoms with Crippen LogP contribution >= 0.6 is 0 Å². The summed E-state index contributed by atoms with van der Waals surface area (Å²) in [5.41, 5.74) is 1.99. The number of aromatic nitrogens is 2. The topological polar surface area (TPSA) is 63.9 Å². The highest BCUT2D eigenvalue weighted by molar-refractivity contribution is 6.10. The average molecular weight is 385 g/mol. The Labute approximate surface area is 167 Å². The molecule has 2 aromatic heterocycles. The number of rotatable bonds is 3. The van der Waals surface area contributed by atoms with E-state index in [1.807, 2.05) is 54.6 Å². The van der Waals surface area contributed by atoms with Crippen molar-refractivity contribution in [2.45, 2.75) is 6.10 Å². The summed E-state index contributed by atoms with van der Waals surface area (Å²) in [5.74, 6) is -0.119. The van der Waals surface area contributed by atoms with Gasteiger partial charge < -0.3 is 9.64 Å². The van der Waals surface area contributed by atoms with Crippen LogP contribution in [0.5, 0.6) is 0 Å². The lowest BCUT2D eigenvalue weighted by atomic mass is 10.00. The van der Waals surface area contributed by atoms with Gasteiger partial charge in [-0.1, -0.05) is 54.6 Å². The minimum absolute atomic E-state index is 0.0557. The largest absolute Gasteiger partial charge is 0.378 e. The Morgan fingerprint density at radius 3 is 2.55 bits per heavy atom. The number of amides is 1. The Morgan fingerprint density at radius 2 is 1.79 bits per heavy atom. The Kier molecular flexibility index (Phi) is 4.14. The van der Waals surface area contributed by atoms with Crippen LogP contribution in [0.25, 0.3) is 27.4 Å². The van der Waals surface area contributed by atoms with Gasteiger partial charge in [-0.3, -0.25) is 9.59 Å². The molecule has 0 atom stereocenters. The average Bonchev–Trinajstić information content (AvgIpc) is 2.73. The molecule has 5 rings (SSSR count). The molecule has 3 heterocycles. The van der Waals surface area contributed by atoms with Crippen LogP contribution in [0.15, 0.2) is 71.7 Å². The molecule has 0 N–H and O–H groups in total. The molecule has 0 saturated carbocycles. The van der Waals surface area contributed by atoms with Gasteiger partial charge in [-0.2, -0.15) is 9.61 Å². The van der Waals surface area contributed by atoms with E-state index in [-0.39, 0.29) is 17.6 Å². The third-order valence-electron chi connectivity index (χ3n) is 5.49. The number of hydrogen-bond donors (Lipinski definition) is 0. The van der Waals surface area contributed by atoms with Crippen molar-refractivity contribution in [3.63, 3.8) is 0 Å². The lowest BCUT2D eigenvalue weighted by Gasteiger charge is -2.38. The first-order chi connectivity index (χ1) is 14.2. The standard InChI is InChI=1S/C23H19N3O3/c1-29-17-13-25(14-17)22(27)20-11-19(15-7-3-2-4-8-15)23(28)26-21(20)18-10-6-5-9-16(18)12-24-26/h2-12,17H,13-14H2,1H3. The van der Waals surface area contributed by atoms with E-state index >= 15 is 0 Å². The van der Waals surface area contributed by atoms with Gasteiger partial charge in [0.15, 0.2) is 0 Å². The highest BCUT2D eigenvalue weighted by atomic mass is 16.5. The Hall–Kier alpha value is -3.51. The van der Waals surface area contributed by atoms with Gasteiger partial charge in [-0.15, -0.1) is 0 Å². The summed E-state index contributed by atoms with van der Waals surface area (Å²) < 4.78 is 6.66. The molecule has 1 aliphatic rings. The zero-order chi connectivity index (χ0) is 20.0. The van der Waals surface area contributed by atoms with Gasteiger partial charge in [-0.05, 0) is 11.6 Å². The quantitative estimate of drug-likeness (QED) is 0.509. The van der Waals surface area contributed by atoms with Crippen molar-refractivity contribution in [1.82, 2.24) is 14.5 Å². The normalized spacial score (nSPS) is 14.3. The smallest absolute Gasteiger partial charge is 0.279 e. The van der Waals surface area contributed by atoms with Gasteiger partial charge >= 0.3 is 0 Å². The van der Waals surface area contributed by atoms with Crippen LogP contribution in [0.2, 0.25) is 0 Å². The van der Waals surface area contributed by atoms with Crippen molar-refractivity contribution in [2.24, 2.45) is 0 Å². The number of methoxy groups -OCH3 is 1. The minimum atomic E-state index is -0.244. The van der Waals surface area contributed by atoms with Gasteiger partial charge in [0, 0.05) is 36.5 Å². The molecule has 4 aromatic rings. The molecule has 6 nitrogen and oxygen atoms in total. The monoisotopic (exact) mass is 385 g/mol. The molecule has 0 aliphatic carbocycles. The first-order valence-corrected chi connectivity index (χ1v) is 9.48. The van der Waals surface area contributed by atoms with E-state index in [9.17, 15) is 9.59 Å². The molecule has 6 heteroatoms. The van der Waals surface area contributed by atoms with Crippen LogP contribution < -0.4 is 5.56 Å². The number of ether oxygens (including phenoxy) is 1. The fourth-order valence-corrected chi connectivity index (χ4v) is 3.83. The summed E-state index contributed by atoms with van der Waals surface area (Å²) in [5, 5.41) is 6.09. The molecule has 144 valence electrons. The fourth-order valence-electron chi connectivity index (χ4n) is 3.83.